The highest BCUT2D eigenvalue weighted by atomic mass is 19.1. The number of alkyl halides is 1. The third-order valence-electron chi connectivity index (χ3n) is 1.44. The smallest absolute Gasteiger partial charge is 0.173 e. The molecule has 1 atom stereocenters. The lowest BCUT2D eigenvalue weighted by Gasteiger charge is -2.11. The van der Waals surface area contributed by atoms with Crippen molar-refractivity contribution >= 4 is 0 Å². The number of hydrogen-bond donors (Lipinski definition) is 1. The number of nitrogens with zero attached hydrogens (tertiary/aromatic N) is 1. The number of halogens is 1. The Bertz CT molecular complexity index is 92.4. The van der Waals surface area contributed by atoms with Gasteiger partial charge in [-0.25, -0.2) is 4.39 Å². The fourth-order valence-electron chi connectivity index (χ4n) is 0.984. The highest BCUT2D eigenvalue weighted by Crippen LogP contribution is 2.17. The molecule has 0 amide bonds. The summed E-state index contributed by atoms with van der Waals surface area (Å²) in [6.07, 6.45) is 0.476. The SMILES string of the molecule is CN1CCC(N)(F)C1. The summed E-state index contributed by atoms with van der Waals surface area (Å²) in [5.74, 6) is -1.41. The van der Waals surface area contributed by atoms with Crippen LogP contribution in [0.2, 0.25) is 0 Å². The van der Waals surface area contributed by atoms with E-state index in [1.165, 1.54) is 0 Å². The van der Waals surface area contributed by atoms with Crippen LogP contribution in [0, 0.1) is 0 Å². The molecule has 1 unspecified atom stereocenters. The van der Waals surface area contributed by atoms with E-state index in [-0.39, 0.29) is 0 Å². The molecule has 0 bridgehead atoms. The van der Waals surface area contributed by atoms with E-state index in [0.29, 0.717) is 13.0 Å². The van der Waals surface area contributed by atoms with Crippen molar-refractivity contribution in [3.63, 3.8) is 0 Å². The Morgan fingerprint density at radius 2 is 2.38 bits per heavy atom. The summed E-state index contributed by atoms with van der Waals surface area (Å²) in [5, 5.41) is 0. The third kappa shape index (κ3) is 1.17. The summed E-state index contributed by atoms with van der Waals surface area (Å²) in [6.45, 7) is 1.17. The van der Waals surface area contributed by atoms with Crippen LogP contribution in [0.1, 0.15) is 6.42 Å². The lowest BCUT2D eigenvalue weighted by atomic mass is 10.2. The number of hydrogen-bond acceptors (Lipinski definition) is 2. The van der Waals surface area contributed by atoms with Gasteiger partial charge in [0.2, 0.25) is 0 Å². The lowest BCUT2D eigenvalue weighted by molar-refractivity contribution is 0.182. The molecule has 8 heavy (non-hydrogen) atoms. The summed E-state index contributed by atoms with van der Waals surface area (Å²) < 4.78 is 12.6. The summed E-state index contributed by atoms with van der Waals surface area (Å²) in [5.41, 5.74) is 5.16. The van der Waals surface area contributed by atoms with Gasteiger partial charge in [-0.15, -0.1) is 0 Å². The Morgan fingerprint density at radius 3 is 2.50 bits per heavy atom. The van der Waals surface area contributed by atoms with Gasteiger partial charge in [-0.2, -0.15) is 0 Å². The standard InChI is InChI=1S/C5H11FN2/c1-8-3-2-5(6,7)4-8/h2-4,7H2,1H3. The molecule has 48 valence electrons. The van der Waals surface area contributed by atoms with Crippen LogP contribution < -0.4 is 5.73 Å². The first-order valence-corrected chi connectivity index (χ1v) is 2.76. The minimum absolute atomic E-state index is 0.382. The van der Waals surface area contributed by atoms with Crippen molar-refractivity contribution in [2.24, 2.45) is 5.73 Å². The number of likely N-dealkylation sites (tertiary alicyclic amines) is 1. The first-order chi connectivity index (χ1) is 3.60. The van der Waals surface area contributed by atoms with E-state index >= 15 is 0 Å². The van der Waals surface area contributed by atoms with E-state index in [1.54, 1.807) is 0 Å². The molecule has 0 radical (unpaired) electrons. The molecule has 3 heteroatoms. The van der Waals surface area contributed by atoms with E-state index in [0.717, 1.165) is 6.54 Å². The molecular formula is C5H11FN2. The molecule has 0 aliphatic carbocycles. The Kier molecular flexibility index (Phi) is 1.25. The maximum atomic E-state index is 12.6. The molecule has 0 aromatic carbocycles. The molecule has 1 saturated heterocycles. The maximum absolute atomic E-state index is 12.6. The van der Waals surface area contributed by atoms with E-state index < -0.39 is 5.79 Å². The van der Waals surface area contributed by atoms with Gasteiger partial charge in [0.15, 0.2) is 5.79 Å². The lowest BCUT2D eigenvalue weighted by Crippen LogP contribution is -2.36. The van der Waals surface area contributed by atoms with Crippen molar-refractivity contribution in [3.8, 4) is 0 Å². The molecule has 0 aromatic rings. The van der Waals surface area contributed by atoms with Crippen LogP contribution in [0.25, 0.3) is 0 Å². The first kappa shape index (κ1) is 5.98. The summed E-state index contributed by atoms with van der Waals surface area (Å²) >= 11 is 0. The van der Waals surface area contributed by atoms with Gasteiger partial charge in [0.05, 0.1) is 0 Å². The van der Waals surface area contributed by atoms with E-state index in [4.69, 9.17) is 5.73 Å². The van der Waals surface area contributed by atoms with Crippen LogP contribution >= 0.6 is 0 Å². The zero-order chi connectivity index (χ0) is 6.20. The molecular weight excluding hydrogens is 107 g/mol. The molecule has 1 fully saturated rings. The van der Waals surface area contributed by atoms with E-state index in [9.17, 15) is 4.39 Å². The largest absolute Gasteiger partial charge is 0.302 e. The second-order valence-corrected chi connectivity index (χ2v) is 2.52. The van der Waals surface area contributed by atoms with Gasteiger partial charge in [-0.05, 0) is 7.05 Å². The van der Waals surface area contributed by atoms with Crippen LogP contribution in [0.4, 0.5) is 4.39 Å². The molecule has 1 aliphatic rings. The molecule has 1 aliphatic heterocycles. The molecule has 0 spiro atoms. The number of likely N-dealkylation sites (N-methyl/N-ethyl adjacent to an activating group) is 1. The molecule has 0 saturated carbocycles. The van der Waals surface area contributed by atoms with Crippen molar-refractivity contribution in [2.75, 3.05) is 20.1 Å². The summed E-state index contributed by atoms with van der Waals surface area (Å²) in [6, 6.07) is 0. The van der Waals surface area contributed by atoms with E-state index in [2.05, 4.69) is 0 Å². The number of nitrogens with two attached hydrogens (primary N) is 1. The van der Waals surface area contributed by atoms with Crippen LogP contribution in [-0.4, -0.2) is 30.8 Å². The highest BCUT2D eigenvalue weighted by Gasteiger charge is 2.31. The molecule has 2 N–H and O–H groups in total. The van der Waals surface area contributed by atoms with Crippen molar-refractivity contribution < 1.29 is 4.39 Å². The zero-order valence-corrected chi connectivity index (χ0v) is 5.02. The van der Waals surface area contributed by atoms with Crippen molar-refractivity contribution in [2.45, 2.75) is 12.2 Å². The molecule has 2 nitrogen and oxygen atoms in total. The predicted octanol–water partition coefficient (Wildman–Crippen LogP) is -0.0536. The first-order valence-electron chi connectivity index (χ1n) is 2.76. The van der Waals surface area contributed by atoms with Gasteiger partial charge >= 0.3 is 0 Å². The molecule has 1 rings (SSSR count). The highest BCUT2D eigenvalue weighted by molar-refractivity contribution is 4.82. The van der Waals surface area contributed by atoms with Gasteiger partial charge in [-0.3, -0.25) is 5.73 Å². The molecule has 1 heterocycles. The number of rotatable bonds is 0. The second kappa shape index (κ2) is 1.67. The Labute approximate surface area is 48.5 Å². The quantitative estimate of drug-likeness (QED) is 0.452. The van der Waals surface area contributed by atoms with Crippen LogP contribution in [-0.2, 0) is 0 Å². The average Bonchev–Trinajstić information content (AvgIpc) is 1.82. The predicted molar refractivity (Wildman–Crippen MR) is 30.1 cm³/mol. The van der Waals surface area contributed by atoms with Crippen LogP contribution in [0.5, 0.6) is 0 Å². The summed E-state index contributed by atoms with van der Waals surface area (Å²) in [7, 11) is 1.87. The van der Waals surface area contributed by atoms with Crippen molar-refractivity contribution in [1.29, 1.82) is 0 Å². The van der Waals surface area contributed by atoms with Gasteiger partial charge in [0, 0.05) is 19.5 Å². The Hall–Kier alpha value is -0.150. The summed E-state index contributed by atoms with van der Waals surface area (Å²) in [4.78, 5) is 1.89. The normalized spacial score (nSPS) is 40.9. The van der Waals surface area contributed by atoms with Crippen LogP contribution in [0.15, 0.2) is 0 Å². The van der Waals surface area contributed by atoms with Crippen LogP contribution in [0.3, 0.4) is 0 Å². The monoisotopic (exact) mass is 118 g/mol. The van der Waals surface area contributed by atoms with Crippen molar-refractivity contribution in [1.82, 2.24) is 4.90 Å². The Balaban J connectivity index is 2.44. The van der Waals surface area contributed by atoms with Gasteiger partial charge in [0.25, 0.3) is 0 Å². The minimum atomic E-state index is -1.41. The average molecular weight is 118 g/mol. The van der Waals surface area contributed by atoms with Gasteiger partial charge in [0.1, 0.15) is 0 Å². The fourth-order valence-corrected chi connectivity index (χ4v) is 0.984. The fraction of sp³-hybridized carbons (Fsp3) is 1.00. The maximum Gasteiger partial charge on any atom is 0.173 e. The van der Waals surface area contributed by atoms with Gasteiger partial charge < -0.3 is 4.90 Å². The molecule has 0 aromatic heterocycles. The zero-order valence-electron chi connectivity index (χ0n) is 5.02. The van der Waals surface area contributed by atoms with E-state index in [1.807, 2.05) is 11.9 Å². The third-order valence-corrected chi connectivity index (χ3v) is 1.44. The minimum Gasteiger partial charge on any atom is -0.302 e. The topological polar surface area (TPSA) is 29.3 Å². The van der Waals surface area contributed by atoms with Crippen molar-refractivity contribution in [3.05, 3.63) is 0 Å². The van der Waals surface area contributed by atoms with Gasteiger partial charge in [-0.1, -0.05) is 0 Å². The second-order valence-electron chi connectivity index (χ2n) is 2.52. The Morgan fingerprint density at radius 1 is 1.75 bits per heavy atom.